The molecular weight excluding hydrogens is 771 g/mol. The molecule has 0 aliphatic heterocycles. The van der Waals surface area contributed by atoms with Gasteiger partial charge in [-0.3, -0.25) is 19.1 Å². The molecule has 0 spiro atoms. The average molecular weight is 812 g/mol. The predicted molar refractivity (Wildman–Crippen MR) is 201 cm³/mol. The maximum Gasteiger partial charge on any atom is 0.422 e. The number of carboxylic acids is 1. The van der Waals surface area contributed by atoms with E-state index in [9.17, 15) is 37.5 Å². The Balaban J connectivity index is 1.01. The van der Waals surface area contributed by atoms with Gasteiger partial charge in [0.05, 0.1) is 11.2 Å². The number of halogens is 4. The number of aryl methyl sites for hydroxylation is 2. The van der Waals surface area contributed by atoms with Crippen molar-refractivity contribution >= 4 is 52.8 Å². The first-order valence-electron chi connectivity index (χ1n) is 18.2. The van der Waals surface area contributed by atoms with Crippen LogP contribution in [0.4, 0.5) is 30.8 Å². The summed E-state index contributed by atoms with van der Waals surface area (Å²) in [6, 6.07) is 12.8. The molecule has 2 amide bonds. The van der Waals surface area contributed by atoms with E-state index in [0.29, 0.717) is 36.5 Å². The molecule has 1 atom stereocenters. The normalized spacial score (nSPS) is 15.5. The van der Waals surface area contributed by atoms with Crippen molar-refractivity contribution in [2.75, 3.05) is 23.8 Å². The fraction of sp³-hybridized carbons (Fsp3) is 0.421. The highest BCUT2D eigenvalue weighted by molar-refractivity contribution is 6.36. The molecule has 57 heavy (non-hydrogen) atoms. The fourth-order valence-corrected chi connectivity index (χ4v) is 6.47. The number of carboxylic acid groups (broad SMARTS) is 1. The summed E-state index contributed by atoms with van der Waals surface area (Å²) in [5.41, 5.74) is 2.63. The number of benzene rings is 2. The van der Waals surface area contributed by atoms with Crippen molar-refractivity contribution in [2.45, 2.75) is 83.1 Å². The van der Waals surface area contributed by atoms with E-state index < -0.39 is 53.9 Å². The Labute approximate surface area is 330 Å². The van der Waals surface area contributed by atoms with Gasteiger partial charge in [0, 0.05) is 41.5 Å². The Bertz CT molecular complexity index is 2120. The third kappa shape index (κ3) is 11.2. The molecule has 0 bridgehead atoms. The van der Waals surface area contributed by atoms with Crippen molar-refractivity contribution in [3.8, 4) is 6.01 Å². The molecule has 6 rings (SSSR count). The Morgan fingerprint density at radius 2 is 1.65 bits per heavy atom. The van der Waals surface area contributed by atoms with Crippen molar-refractivity contribution < 1.29 is 42.2 Å². The van der Waals surface area contributed by atoms with E-state index in [1.54, 1.807) is 12.1 Å². The number of aliphatic carboxylic acids is 1. The molecule has 2 aromatic carbocycles. The largest absolute Gasteiger partial charge is 0.480 e. The quantitative estimate of drug-likeness (QED) is 0.0731. The van der Waals surface area contributed by atoms with Crippen LogP contribution in [-0.2, 0) is 26.5 Å². The lowest BCUT2D eigenvalue weighted by molar-refractivity contribution is -0.154. The molecule has 2 aromatic heterocycles. The molecular formula is C38H41ClF3N9O6. The van der Waals surface area contributed by atoms with Gasteiger partial charge in [-0.05, 0) is 106 Å². The summed E-state index contributed by atoms with van der Waals surface area (Å²) in [7, 11) is 0. The number of ketones is 1. The number of alkyl halides is 3. The zero-order valence-corrected chi connectivity index (χ0v) is 31.8. The van der Waals surface area contributed by atoms with Gasteiger partial charge in [-0.25, -0.2) is 4.79 Å². The maximum absolute atomic E-state index is 13.0. The summed E-state index contributed by atoms with van der Waals surface area (Å²) in [5, 5.41) is 25.7. The summed E-state index contributed by atoms with van der Waals surface area (Å²) >= 11 is 6.03. The van der Waals surface area contributed by atoms with Crippen molar-refractivity contribution in [1.29, 1.82) is 0 Å². The van der Waals surface area contributed by atoms with Crippen molar-refractivity contribution in [3.63, 3.8) is 0 Å². The predicted octanol–water partition coefficient (Wildman–Crippen LogP) is 5.64. The summed E-state index contributed by atoms with van der Waals surface area (Å²) in [6.45, 7) is 2.77. The van der Waals surface area contributed by atoms with Crippen LogP contribution in [-0.4, -0.2) is 78.8 Å². The highest BCUT2D eigenvalue weighted by Gasteiger charge is 2.45. The molecule has 0 saturated heterocycles. The Hall–Kier alpha value is -5.78. The van der Waals surface area contributed by atoms with Crippen molar-refractivity contribution in [1.82, 2.24) is 35.4 Å². The maximum atomic E-state index is 13.0. The number of aromatic nitrogens is 5. The lowest BCUT2D eigenvalue weighted by atomic mass is 9.98. The van der Waals surface area contributed by atoms with Crippen LogP contribution in [0.2, 0.25) is 5.02 Å². The van der Waals surface area contributed by atoms with Crippen molar-refractivity contribution in [3.05, 3.63) is 82.1 Å². The number of nitrogens with zero attached hydrogens (tertiary/aromatic N) is 5. The highest BCUT2D eigenvalue weighted by atomic mass is 35.5. The number of hydrogen-bond donors (Lipinski definition) is 5. The number of carbonyl (C=O) groups excluding carboxylic acids is 3. The molecule has 2 saturated carbocycles. The first-order valence-corrected chi connectivity index (χ1v) is 18.6. The first-order chi connectivity index (χ1) is 27.0. The van der Waals surface area contributed by atoms with E-state index in [-0.39, 0.29) is 42.3 Å². The van der Waals surface area contributed by atoms with Gasteiger partial charge in [-0.2, -0.15) is 33.2 Å². The smallest absolute Gasteiger partial charge is 0.422 e. The number of anilines is 3. The molecule has 302 valence electrons. The molecule has 2 aliphatic rings. The van der Waals surface area contributed by atoms with E-state index >= 15 is 0 Å². The number of nitrogens with one attached hydrogen (secondary N) is 4. The van der Waals surface area contributed by atoms with E-state index in [1.165, 1.54) is 24.3 Å². The lowest BCUT2D eigenvalue weighted by Gasteiger charge is -2.19. The minimum Gasteiger partial charge on any atom is -0.480 e. The highest BCUT2D eigenvalue weighted by Crippen LogP contribution is 2.51. The van der Waals surface area contributed by atoms with E-state index in [1.807, 2.05) is 36.7 Å². The van der Waals surface area contributed by atoms with Crippen LogP contribution < -0.4 is 26.0 Å². The number of rotatable bonds is 19. The molecule has 19 heteroatoms. The molecule has 0 radical (unpaired) electrons. The third-order valence-electron chi connectivity index (χ3n) is 9.88. The second-order valence-electron chi connectivity index (χ2n) is 14.5. The topological polar surface area (TPSA) is 202 Å². The molecule has 4 aromatic rings. The standard InChI is InChI=1S/C38H41ClF3N9O6/c1-22-19-23(2)51(50-22)20-36(14-15-36)13-11-29(52)31(54)43-18-12-28(32(55)56)45-30(53)24-3-9-27(10-4-24)44-33-46-34(48-35(47-33)57-21-38(40,41)42)49-37(16-17-37)25-5-7-26(39)8-6-25/h3-10,19,28H,11-18,20-21H2,1-2H3,(H,43,54)(H,45,53)(H,55,56)(H2,44,46,47,48,49)/t28-/m0/s1. The van der Waals surface area contributed by atoms with Gasteiger partial charge in [-0.15, -0.1) is 0 Å². The number of carbonyl (C=O) groups is 4. The average Bonchev–Trinajstić information content (AvgIpc) is 4.08. The Morgan fingerprint density at radius 3 is 2.25 bits per heavy atom. The van der Waals surface area contributed by atoms with Crippen LogP contribution in [0.15, 0.2) is 54.6 Å². The minimum atomic E-state index is -4.64. The number of amides is 2. The van der Waals surface area contributed by atoms with Gasteiger partial charge in [0.15, 0.2) is 6.61 Å². The second kappa shape index (κ2) is 16.8. The Morgan fingerprint density at radius 1 is 0.965 bits per heavy atom. The monoisotopic (exact) mass is 811 g/mol. The summed E-state index contributed by atoms with van der Waals surface area (Å²) in [6.07, 6.45) is -0.945. The van der Waals surface area contributed by atoms with Crippen molar-refractivity contribution in [2.24, 2.45) is 5.41 Å². The van der Waals surface area contributed by atoms with Gasteiger partial charge in [0.1, 0.15) is 6.04 Å². The van der Waals surface area contributed by atoms with Gasteiger partial charge in [0.25, 0.3) is 11.8 Å². The molecule has 2 heterocycles. The van der Waals surface area contributed by atoms with Crippen LogP contribution in [0.1, 0.15) is 72.3 Å². The molecule has 2 fully saturated rings. The van der Waals surface area contributed by atoms with Crippen LogP contribution in [0.5, 0.6) is 6.01 Å². The number of hydrogen-bond acceptors (Lipinski definition) is 11. The minimum absolute atomic E-state index is 0.0356. The van der Waals surface area contributed by atoms with Gasteiger partial charge in [-0.1, -0.05) is 23.7 Å². The zero-order valence-electron chi connectivity index (χ0n) is 31.1. The van der Waals surface area contributed by atoms with Crippen LogP contribution >= 0.6 is 11.6 Å². The summed E-state index contributed by atoms with van der Waals surface area (Å²) in [5.74, 6) is -3.66. The Kier molecular flexibility index (Phi) is 12.0. The fourth-order valence-electron chi connectivity index (χ4n) is 6.34. The van der Waals surface area contributed by atoms with E-state index in [4.69, 9.17) is 16.3 Å². The van der Waals surface area contributed by atoms with Crippen LogP contribution in [0.25, 0.3) is 0 Å². The summed E-state index contributed by atoms with van der Waals surface area (Å²) in [4.78, 5) is 62.4. The van der Waals surface area contributed by atoms with Crippen LogP contribution in [0.3, 0.4) is 0 Å². The van der Waals surface area contributed by atoms with Gasteiger partial charge < -0.3 is 31.1 Å². The third-order valence-corrected chi connectivity index (χ3v) is 10.1. The molecule has 2 aliphatic carbocycles. The lowest BCUT2D eigenvalue weighted by Crippen LogP contribution is -2.43. The molecule has 5 N–H and O–H groups in total. The second-order valence-corrected chi connectivity index (χ2v) is 14.9. The van der Waals surface area contributed by atoms with Gasteiger partial charge >= 0.3 is 18.2 Å². The zero-order chi connectivity index (χ0) is 41.0. The van der Waals surface area contributed by atoms with E-state index in [2.05, 4.69) is 41.3 Å². The molecule has 15 nitrogen and oxygen atoms in total. The summed E-state index contributed by atoms with van der Waals surface area (Å²) < 4.78 is 45.6. The molecule has 0 unspecified atom stereocenters. The number of Topliss-reactive ketones (excluding diaryl/α,β-unsaturated/α-hetero) is 1. The first kappa shape index (κ1) is 40.9. The van der Waals surface area contributed by atoms with Crippen LogP contribution in [0, 0.1) is 19.3 Å². The van der Waals surface area contributed by atoms with E-state index in [0.717, 1.165) is 29.8 Å². The van der Waals surface area contributed by atoms with Gasteiger partial charge in [0.2, 0.25) is 17.7 Å². The SMILES string of the molecule is Cc1cc(C)n(CC2(CCC(=O)C(=O)NCC[C@H](NC(=O)c3ccc(Nc4nc(NC5(c6ccc(Cl)cc6)CC5)nc(OCC(F)(F)F)n4)cc3)C(=O)O)CC2)n1. The number of ether oxygens (including phenoxy) is 1.